The Morgan fingerprint density at radius 1 is 0.972 bits per heavy atom. The first-order valence-electron chi connectivity index (χ1n) is 10.4. The van der Waals surface area contributed by atoms with Crippen LogP contribution in [0.25, 0.3) is 6.08 Å². The smallest absolute Gasteiger partial charge is 0.294 e. The number of hydrogen-bond acceptors (Lipinski definition) is 5. The van der Waals surface area contributed by atoms with Crippen molar-refractivity contribution >= 4 is 52.2 Å². The second-order valence-electron chi connectivity index (χ2n) is 7.52. The van der Waals surface area contributed by atoms with E-state index in [1.165, 1.54) is 6.08 Å². The minimum absolute atomic E-state index is 0.0849. The summed E-state index contributed by atoms with van der Waals surface area (Å²) in [6, 6.07) is 15.5. The van der Waals surface area contributed by atoms with Gasteiger partial charge in [0.05, 0.1) is 10.6 Å². The Kier molecular flexibility index (Phi) is 7.66. The van der Waals surface area contributed by atoms with Crippen LogP contribution in [0.15, 0.2) is 65.6 Å². The second-order valence-corrected chi connectivity index (χ2v) is 8.95. The molecule has 1 saturated heterocycles. The molecule has 36 heavy (non-hydrogen) atoms. The second kappa shape index (κ2) is 10.9. The summed E-state index contributed by atoms with van der Waals surface area (Å²) in [6.45, 7) is -0.385. The van der Waals surface area contributed by atoms with Gasteiger partial charge >= 0.3 is 0 Å². The first kappa shape index (κ1) is 25.3. The van der Waals surface area contributed by atoms with Crippen LogP contribution in [0.1, 0.15) is 11.1 Å². The maximum Gasteiger partial charge on any atom is 0.294 e. The van der Waals surface area contributed by atoms with Crippen LogP contribution in [-0.2, 0) is 16.2 Å². The van der Waals surface area contributed by atoms with Crippen molar-refractivity contribution in [1.82, 2.24) is 4.90 Å². The fourth-order valence-electron chi connectivity index (χ4n) is 3.15. The van der Waals surface area contributed by atoms with Crippen LogP contribution in [0.3, 0.4) is 0 Å². The van der Waals surface area contributed by atoms with Crippen molar-refractivity contribution < 1.29 is 32.3 Å². The summed E-state index contributed by atoms with van der Waals surface area (Å²) in [5.74, 6) is -5.82. The van der Waals surface area contributed by atoms with Crippen molar-refractivity contribution in [3.63, 3.8) is 0 Å². The zero-order valence-electron chi connectivity index (χ0n) is 18.3. The van der Waals surface area contributed by atoms with E-state index in [2.05, 4.69) is 0 Å². The van der Waals surface area contributed by atoms with Crippen LogP contribution in [0.5, 0.6) is 5.75 Å². The Hall–Kier alpha value is -3.76. The number of anilines is 1. The van der Waals surface area contributed by atoms with Crippen LogP contribution in [-0.4, -0.2) is 28.5 Å². The SMILES string of the molecule is O=C(CN1C(=O)S/C(=C/c2ccc(OCc3ccc(Cl)cc3)cc2)C1=O)Nc1ccc(F)c(F)c1F. The summed E-state index contributed by atoms with van der Waals surface area (Å²) < 4.78 is 45.9. The zero-order chi connectivity index (χ0) is 25.8. The van der Waals surface area contributed by atoms with Crippen LogP contribution in [0.4, 0.5) is 23.7 Å². The van der Waals surface area contributed by atoms with E-state index in [-0.39, 0.29) is 4.91 Å². The molecule has 184 valence electrons. The minimum atomic E-state index is -1.75. The number of nitrogens with one attached hydrogen (secondary N) is 1. The third kappa shape index (κ3) is 5.89. The average Bonchev–Trinajstić information content (AvgIpc) is 3.12. The molecule has 4 rings (SSSR count). The van der Waals surface area contributed by atoms with Gasteiger partial charge < -0.3 is 10.1 Å². The monoisotopic (exact) mass is 532 g/mol. The maximum absolute atomic E-state index is 13.8. The van der Waals surface area contributed by atoms with Crippen LogP contribution in [0.2, 0.25) is 5.02 Å². The number of rotatable bonds is 7. The highest BCUT2D eigenvalue weighted by atomic mass is 35.5. The highest BCUT2D eigenvalue weighted by molar-refractivity contribution is 8.18. The highest BCUT2D eigenvalue weighted by Crippen LogP contribution is 2.32. The summed E-state index contributed by atoms with van der Waals surface area (Å²) in [5.41, 5.74) is 0.945. The van der Waals surface area contributed by atoms with E-state index in [0.717, 1.165) is 11.6 Å². The first-order chi connectivity index (χ1) is 17.2. The van der Waals surface area contributed by atoms with Crippen molar-refractivity contribution in [3.8, 4) is 5.75 Å². The third-order valence-electron chi connectivity index (χ3n) is 4.98. The molecular weight excluding hydrogens is 517 g/mol. The lowest BCUT2D eigenvalue weighted by Crippen LogP contribution is -2.36. The topological polar surface area (TPSA) is 75.7 Å². The fraction of sp³-hybridized carbons (Fsp3) is 0.0800. The molecule has 0 saturated carbocycles. The number of amides is 3. The number of carbonyl (C=O) groups excluding carboxylic acids is 3. The van der Waals surface area contributed by atoms with Crippen LogP contribution >= 0.6 is 23.4 Å². The molecule has 0 radical (unpaired) electrons. The molecule has 0 aromatic heterocycles. The predicted molar refractivity (Wildman–Crippen MR) is 130 cm³/mol. The van der Waals surface area contributed by atoms with Crippen molar-refractivity contribution in [2.45, 2.75) is 6.61 Å². The summed E-state index contributed by atoms with van der Waals surface area (Å²) >= 11 is 6.50. The Labute approximate surface area is 212 Å². The van der Waals surface area contributed by atoms with Gasteiger partial charge in [0, 0.05) is 5.02 Å². The number of ether oxygens (including phenoxy) is 1. The van der Waals surface area contributed by atoms with Gasteiger partial charge in [-0.3, -0.25) is 19.3 Å². The minimum Gasteiger partial charge on any atom is -0.489 e. The summed E-state index contributed by atoms with van der Waals surface area (Å²) in [7, 11) is 0. The van der Waals surface area contributed by atoms with Crippen LogP contribution in [0, 0.1) is 17.5 Å². The van der Waals surface area contributed by atoms with Crippen molar-refractivity contribution in [1.29, 1.82) is 0 Å². The summed E-state index contributed by atoms with van der Waals surface area (Å²) in [5, 5.41) is 1.96. The Morgan fingerprint density at radius 2 is 1.67 bits per heavy atom. The molecule has 3 aromatic carbocycles. The molecule has 0 spiro atoms. The van der Waals surface area contributed by atoms with Crippen LogP contribution < -0.4 is 10.1 Å². The number of hydrogen-bond donors (Lipinski definition) is 1. The largest absolute Gasteiger partial charge is 0.489 e. The number of nitrogens with zero attached hydrogens (tertiary/aromatic N) is 1. The molecule has 1 N–H and O–H groups in total. The fourth-order valence-corrected chi connectivity index (χ4v) is 4.12. The molecule has 0 bridgehead atoms. The molecule has 0 atom stereocenters. The maximum atomic E-state index is 13.8. The van der Waals surface area contributed by atoms with Gasteiger partial charge in [0.25, 0.3) is 11.1 Å². The Bertz CT molecular complexity index is 1360. The number of benzene rings is 3. The number of thioether (sulfide) groups is 1. The van der Waals surface area contributed by atoms with E-state index >= 15 is 0 Å². The number of halogens is 4. The molecule has 1 fully saturated rings. The molecule has 6 nitrogen and oxygen atoms in total. The van der Waals surface area contributed by atoms with E-state index in [4.69, 9.17) is 16.3 Å². The highest BCUT2D eigenvalue weighted by Gasteiger charge is 2.36. The van der Waals surface area contributed by atoms with E-state index in [1.807, 2.05) is 17.4 Å². The Morgan fingerprint density at radius 3 is 2.36 bits per heavy atom. The first-order valence-corrected chi connectivity index (χ1v) is 11.6. The van der Waals surface area contributed by atoms with E-state index in [0.29, 0.717) is 45.7 Å². The quantitative estimate of drug-likeness (QED) is 0.298. The predicted octanol–water partition coefficient (Wildman–Crippen LogP) is 6.01. The van der Waals surface area contributed by atoms with Gasteiger partial charge in [0.15, 0.2) is 17.5 Å². The van der Waals surface area contributed by atoms with Gasteiger partial charge in [-0.25, -0.2) is 13.2 Å². The van der Waals surface area contributed by atoms with Gasteiger partial charge in [-0.1, -0.05) is 35.9 Å². The molecule has 1 aliphatic heterocycles. The molecule has 0 aliphatic carbocycles. The van der Waals surface area contributed by atoms with Crippen molar-refractivity contribution in [3.05, 3.63) is 99.2 Å². The summed E-state index contributed by atoms with van der Waals surface area (Å²) in [4.78, 5) is 37.9. The molecule has 1 heterocycles. The lowest BCUT2D eigenvalue weighted by atomic mass is 10.2. The molecule has 3 amide bonds. The number of imide groups is 1. The van der Waals surface area contributed by atoms with Gasteiger partial charge in [-0.05, 0) is 65.4 Å². The normalized spacial score (nSPS) is 14.4. The van der Waals surface area contributed by atoms with E-state index in [9.17, 15) is 27.6 Å². The van der Waals surface area contributed by atoms with Gasteiger partial charge in [0.1, 0.15) is 18.9 Å². The summed E-state index contributed by atoms with van der Waals surface area (Å²) in [6.07, 6.45) is 1.49. The van der Waals surface area contributed by atoms with Gasteiger partial charge in [-0.15, -0.1) is 0 Å². The standard InChI is InChI=1S/C25H16ClF3N2O4S/c26-16-5-1-15(2-6-16)13-35-17-7-3-14(4-8-17)11-20-24(33)31(25(34)36-20)12-21(32)30-19-10-9-18(27)22(28)23(19)29/h1-11H,12-13H2,(H,30,32)/b20-11+. The molecule has 1 aliphatic rings. The Balaban J connectivity index is 1.37. The lowest BCUT2D eigenvalue weighted by Gasteiger charge is -2.13. The zero-order valence-corrected chi connectivity index (χ0v) is 19.8. The molecule has 11 heteroatoms. The third-order valence-corrected chi connectivity index (χ3v) is 6.14. The van der Waals surface area contributed by atoms with E-state index < -0.39 is 46.7 Å². The van der Waals surface area contributed by atoms with Crippen molar-refractivity contribution in [2.24, 2.45) is 0 Å². The molecule has 0 unspecified atom stereocenters. The molecule has 3 aromatic rings. The number of carbonyl (C=O) groups is 3. The van der Waals surface area contributed by atoms with Crippen molar-refractivity contribution in [2.75, 3.05) is 11.9 Å². The molecular formula is C25H16ClF3N2O4S. The van der Waals surface area contributed by atoms with Gasteiger partial charge in [-0.2, -0.15) is 0 Å². The average molecular weight is 533 g/mol. The van der Waals surface area contributed by atoms with E-state index in [1.54, 1.807) is 36.4 Å². The van der Waals surface area contributed by atoms with Gasteiger partial charge in [0.2, 0.25) is 5.91 Å². The lowest BCUT2D eigenvalue weighted by molar-refractivity contribution is -0.127.